The molecular formula is C21H29Cl2N3O. The van der Waals surface area contributed by atoms with E-state index in [1.54, 1.807) is 24.3 Å². The van der Waals surface area contributed by atoms with Crippen LogP contribution in [0.5, 0.6) is 0 Å². The Morgan fingerprint density at radius 2 is 1.78 bits per heavy atom. The van der Waals surface area contributed by atoms with Crippen molar-refractivity contribution in [3.63, 3.8) is 0 Å². The number of benzene rings is 2. The second kappa shape index (κ2) is 11.2. The van der Waals surface area contributed by atoms with E-state index in [2.05, 4.69) is 23.3 Å². The lowest BCUT2D eigenvalue weighted by Gasteiger charge is -2.31. The molecule has 0 spiro atoms. The summed E-state index contributed by atoms with van der Waals surface area (Å²) in [5.74, 6) is -0.125. The average Bonchev–Trinajstić information content (AvgIpc) is 2.64. The van der Waals surface area contributed by atoms with Crippen LogP contribution in [0.15, 0.2) is 48.5 Å². The first kappa shape index (κ1) is 23.3. The summed E-state index contributed by atoms with van der Waals surface area (Å²) in [7, 11) is 2.19. The Hall–Kier alpha value is -1.75. The quantitative estimate of drug-likeness (QED) is 0.672. The molecule has 0 radical (unpaired) electrons. The molecule has 0 heterocycles. The number of nitrogens with one attached hydrogen (secondary N) is 1. The third kappa shape index (κ3) is 6.42. The fourth-order valence-electron chi connectivity index (χ4n) is 3.57. The van der Waals surface area contributed by atoms with Crippen molar-refractivity contribution in [3.05, 3.63) is 59.7 Å². The average molecular weight is 410 g/mol. The molecule has 1 aliphatic rings. The lowest BCUT2D eigenvalue weighted by Crippen LogP contribution is -2.33. The molecule has 0 aliphatic heterocycles. The van der Waals surface area contributed by atoms with Gasteiger partial charge in [-0.1, -0.05) is 43.5 Å². The van der Waals surface area contributed by atoms with Crippen LogP contribution in [0, 0.1) is 0 Å². The maximum atomic E-state index is 12.5. The van der Waals surface area contributed by atoms with Gasteiger partial charge in [-0.2, -0.15) is 0 Å². The highest BCUT2D eigenvalue weighted by molar-refractivity contribution is 6.05. The smallest absolute Gasteiger partial charge is 0.255 e. The first-order chi connectivity index (χ1) is 12.1. The second-order valence-corrected chi connectivity index (χ2v) is 6.94. The number of para-hydroxylation sites is 1. The van der Waals surface area contributed by atoms with Crippen molar-refractivity contribution in [2.75, 3.05) is 18.1 Å². The van der Waals surface area contributed by atoms with Gasteiger partial charge in [-0.25, -0.2) is 0 Å². The Balaban J connectivity index is 0.00000182. The van der Waals surface area contributed by atoms with Gasteiger partial charge in [-0.05, 0) is 49.7 Å². The van der Waals surface area contributed by atoms with Crippen LogP contribution < -0.4 is 11.1 Å². The number of nitrogens with two attached hydrogens (primary N) is 1. The molecule has 3 N–H and O–H groups in total. The standard InChI is InChI=1S/C21H27N3O.2ClH/c1-24(19-11-3-2-4-12-19)15-17-8-5-6-13-20(17)23-21(25)16-9-7-10-18(22)14-16;;/h5-10,13-14,19H,2-4,11-12,15,22H2,1H3,(H,23,25);2*1H. The van der Waals surface area contributed by atoms with Crippen LogP contribution in [0.2, 0.25) is 0 Å². The molecule has 6 heteroatoms. The molecule has 1 amide bonds. The fraction of sp³-hybridized carbons (Fsp3) is 0.381. The fourth-order valence-corrected chi connectivity index (χ4v) is 3.57. The number of halogens is 2. The van der Waals surface area contributed by atoms with E-state index in [9.17, 15) is 4.79 Å². The van der Waals surface area contributed by atoms with E-state index in [0.717, 1.165) is 17.8 Å². The minimum atomic E-state index is -0.125. The van der Waals surface area contributed by atoms with Crippen LogP contribution in [-0.2, 0) is 6.54 Å². The van der Waals surface area contributed by atoms with Gasteiger partial charge >= 0.3 is 0 Å². The lowest BCUT2D eigenvalue weighted by atomic mass is 9.94. The van der Waals surface area contributed by atoms with E-state index in [1.165, 1.54) is 32.1 Å². The van der Waals surface area contributed by atoms with E-state index >= 15 is 0 Å². The number of hydrogen-bond acceptors (Lipinski definition) is 3. The van der Waals surface area contributed by atoms with Crippen LogP contribution in [0.1, 0.15) is 48.0 Å². The zero-order valence-electron chi connectivity index (χ0n) is 15.7. The predicted molar refractivity (Wildman–Crippen MR) is 118 cm³/mol. The van der Waals surface area contributed by atoms with E-state index in [0.29, 0.717) is 17.3 Å². The summed E-state index contributed by atoms with van der Waals surface area (Å²) < 4.78 is 0. The van der Waals surface area contributed by atoms with Gasteiger partial charge in [-0.3, -0.25) is 9.69 Å². The van der Waals surface area contributed by atoms with E-state index < -0.39 is 0 Å². The lowest BCUT2D eigenvalue weighted by molar-refractivity contribution is 0.102. The summed E-state index contributed by atoms with van der Waals surface area (Å²) in [5, 5.41) is 3.04. The molecule has 0 unspecified atom stereocenters. The van der Waals surface area contributed by atoms with Crippen molar-refractivity contribution < 1.29 is 4.79 Å². The van der Waals surface area contributed by atoms with E-state index in [4.69, 9.17) is 5.73 Å². The van der Waals surface area contributed by atoms with Crippen LogP contribution in [-0.4, -0.2) is 23.9 Å². The van der Waals surface area contributed by atoms with Gasteiger partial charge in [-0.15, -0.1) is 24.8 Å². The van der Waals surface area contributed by atoms with Crippen LogP contribution in [0.25, 0.3) is 0 Å². The van der Waals surface area contributed by atoms with Gasteiger partial charge in [0, 0.05) is 29.5 Å². The van der Waals surface area contributed by atoms with Crippen molar-refractivity contribution in [1.82, 2.24) is 4.90 Å². The molecule has 2 aromatic rings. The topological polar surface area (TPSA) is 58.4 Å². The first-order valence-corrected chi connectivity index (χ1v) is 9.08. The number of anilines is 2. The summed E-state index contributed by atoms with van der Waals surface area (Å²) in [6.45, 7) is 0.845. The molecule has 27 heavy (non-hydrogen) atoms. The molecule has 148 valence electrons. The van der Waals surface area contributed by atoms with Crippen molar-refractivity contribution in [2.24, 2.45) is 0 Å². The first-order valence-electron chi connectivity index (χ1n) is 9.08. The number of hydrogen-bond donors (Lipinski definition) is 2. The Kier molecular flexibility index (Phi) is 9.64. The highest BCUT2D eigenvalue weighted by Gasteiger charge is 2.19. The van der Waals surface area contributed by atoms with Crippen LogP contribution >= 0.6 is 24.8 Å². The van der Waals surface area contributed by atoms with Gasteiger partial charge in [0.1, 0.15) is 0 Å². The van der Waals surface area contributed by atoms with Crippen molar-refractivity contribution in [2.45, 2.75) is 44.7 Å². The third-order valence-electron chi connectivity index (χ3n) is 5.03. The molecule has 4 nitrogen and oxygen atoms in total. The largest absolute Gasteiger partial charge is 0.399 e. The van der Waals surface area contributed by atoms with Crippen molar-refractivity contribution in [3.8, 4) is 0 Å². The zero-order chi connectivity index (χ0) is 17.6. The Bertz CT molecular complexity index is 733. The van der Waals surface area contributed by atoms with Gasteiger partial charge in [0.2, 0.25) is 0 Å². The maximum Gasteiger partial charge on any atom is 0.255 e. The minimum Gasteiger partial charge on any atom is -0.399 e. The van der Waals surface area contributed by atoms with Crippen LogP contribution in [0.3, 0.4) is 0 Å². The Morgan fingerprint density at radius 3 is 2.48 bits per heavy atom. The molecule has 0 aromatic heterocycles. The molecule has 1 saturated carbocycles. The Labute approximate surface area is 174 Å². The number of carbonyl (C=O) groups is 1. The SMILES string of the molecule is CN(Cc1ccccc1NC(=O)c1cccc(N)c1)C1CCCCC1.Cl.Cl. The number of amides is 1. The molecular weight excluding hydrogens is 381 g/mol. The molecule has 0 atom stereocenters. The molecule has 1 aliphatic carbocycles. The van der Waals surface area contributed by atoms with Gasteiger partial charge < -0.3 is 11.1 Å². The van der Waals surface area contributed by atoms with E-state index in [1.807, 2.05) is 18.2 Å². The highest BCUT2D eigenvalue weighted by atomic mass is 35.5. The summed E-state index contributed by atoms with van der Waals surface area (Å²) in [6.07, 6.45) is 6.55. The third-order valence-corrected chi connectivity index (χ3v) is 5.03. The summed E-state index contributed by atoms with van der Waals surface area (Å²) in [4.78, 5) is 14.9. The van der Waals surface area contributed by atoms with Crippen molar-refractivity contribution in [1.29, 1.82) is 0 Å². The summed E-state index contributed by atoms with van der Waals surface area (Å²) >= 11 is 0. The number of nitrogen functional groups attached to an aromatic ring is 1. The molecule has 1 fully saturated rings. The normalized spacial score (nSPS) is 14.1. The van der Waals surface area contributed by atoms with Gasteiger partial charge in [0.25, 0.3) is 5.91 Å². The number of nitrogens with zero attached hydrogens (tertiary/aromatic N) is 1. The van der Waals surface area contributed by atoms with Gasteiger partial charge in [0.05, 0.1) is 0 Å². The van der Waals surface area contributed by atoms with Crippen molar-refractivity contribution >= 4 is 42.1 Å². The summed E-state index contributed by atoms with van der Waals surface area (Å²) in [5.41, 5.74) is 8.97. The number of carbonyl (C=O) groups excluding carboxylic acids is 1. The molecule has 2 aromatic carbocycles. The molecule has 0 saturated heterocycles. The van der Waals surface area contributed by atoms with Crippen LogP contribution in [0.4, 0.5) is 11.4 Å². The summed E-state index contributed by atoms with van der Waals surface area (Å²) in [6, 6.07) is 15.7. The zero-order valence-corrected chi connectivity index (χ0v) is 17.3. The minimum absolute atomic E-state index is 0. The number of rotatable bonds is 5. The maximum absolute atomic E-state index is 12.5. The monoisotopic (exact) mass is 409 g/mol. The highest BCUT2D eigenvalue weighted by Crippen LogP contribution is 2.25. The molecule has 0 bridgehead atoms. The molecule has 3 rings (SSSR count). The Morgan fingerprint density at radius 1 is 1.07 bits per heavy atom. The van der Waals surface area contributed by atoms with E-state index in [-0.39, 0.29) is 30.7 Å². The van der Waals surface area contributed by atoms with Gasteiger partial charge in [0.15, 0.2) is 0 Å². The predicted octanol–water partition coefficient (Wildman–Crippen LogP) is 5.13. The second-order valence-electron chi connectivity index (χ2n) is 6.94.